The highest BCUT2D eigenvalue weighted by Crippen LogP contribution is 2.28. The minimum Gasteiger partial charge on any atom is -0.386 e. The van der Waals surface area contributed by atoms with Crippen LogP contribution in [0.3, 0.4) is 0 Å². The maximum absolute atomic E-state index is 12.8. The summed E-state index contributed by atoms with van der Waals surface area (Å²) in [6, 6.07) is 20.7. The lowest BCUT2D eigenvalue weighted by atomic mass is 10.1. The molecule has 1 atom stereocenters. The molecule has 5 heteroatoms. The van der Waals surface area contributed by atoms with Crippen molar-refractivity contribution in [2.45, 2.75) is 12.6 Å². The van der Waals surface area contributed by atoms with Crippen LogP contribution >= 0.6 is 11.3 Å². The minimum absolute atomic E-state index is 0.117. The Kier molecular flexibility index (Phi) is 4.17. The normalized spacial score (nSPS) is 12.4. The van der Waals surface area contributed by atoms with Crippen molar-refractivity contribution in [2.24, 2.45) is 0 Å². The fourth-order valence-electron chi connectivity index (χ4n) is 2.90. The smallest absolute Gasteiger partial charge is 0.274 e. The molecular weight excluding hydrogens is 332 g/mol. The van der Waals surface area contributed by atoms with Crippen molar-refractivity contribution < 1.29 is 5.11 Å². The van der Waals surface area contributed by atoms with E-state index >= 15 is 0 Å². The molecule has 0 bridgehead atoms. The highest BCUT2D eigenvalue weighted by atomic mass is 32.1. The van der Waals surface area contributed by atoms with Crippen molar-refractivity contribution in [2.75, 3.05) is 0 Å². The molecule has 0 aliphatic heterocycles. The van der Waals surface area contributed by atoms with Crippen LogP contribution in [0.25, 0.3) is 21.3 Å². The Bertz CT molecular complexity index is 1060. The fourth-order valence-corrected chi connectivity index (χ4v) is 3.62. The second-order valence-corrected chi connectivity index (χ2v) is 6.73. The number of fused-ring (bicyclic) bond motifs is 1. The van der Waals surface area contributed by atoms with Crippen molar-refractivity contribution in [3.63, 3.8) is 0 Å². The first kappa shape index (κ1) is 15.7. The number of benzene rings is 2. The number of aromatic nitrogens is 2. The van der Waals surface area contributed by atoms with Crippen LogP contribution in [0, 0.1) is 0 Å². The summed E-state index contributed by atoms with van der Waals surface area (Å²) < 4.78 is 1.37. The molecule has 1 N–H and O–H groups in total. The minimum atomic E-state index is -0.788. The van der Waals surface area contributed by atoms with Crippen molar-refractivity contribution >= 4 is 22.1 Å². The van der Waals surface area contributed by atoms with Gasteiger partial charge in [0.05, 0.1) is 22.9 Å². The number of rotatable bonds is 4. The molecule has 2 aromatic carbocycles. The number of nitrogens with zero attached hydrogens (tertiary/aromatic N) is 2. The summed E-state index contributed by atoms with van der Waals surface area (Å²) >= 11 is 1.58. The van der Waals surface area contributed by atoms with E-state index in [1.54, 1.807) is 11.3 Å². The molecule has 4 aromatic rings. The van der Waals surface area contributed by atoms with Crippen LogP contribution in [0.4, 0.5) is 0 Å². The van der Waals surface area contributed by atoms with Crippen LogP contribution in [-0.2, 0) is 6.54 Å². The predicted molar refractivity (Wildman–Crippen MR) is 101 cm³/mol. The van der Waals surface area contributed by atoms with E-state index in [0.29, 0.717) is 5.39 Å². The predicted octanol–water partition coefficient (Wildman–Crippen LogP) is 3.86. The van der Waals surface area contributed by atoms with Crippen molar-refractivity contribution in [3.05, 3.63) is 88.0 Å². The summed E-state index contributed by atoms with van der Waals surface area (Å²) in [5, 5.41) is 18.5. The average Bonchev–Trinajstić information content (AvgIpc) is 3.19. The second kappa shape index (κ2) is 6.63. The standard InChI is InChI=1S/C20H16N2O2S/c23-17(14-7-2-1-3-8-14)13-22-20(24)16-10-5-4-9-15(16)19(21-22)18-11-6-12-25-18/h1-12,17,23H,13H2/t17-/m0/s1. The Morgan fingerprint density at radius 3 is 2.40 bits per heavy atom. The molecule has 0 fully saturated rings. The lowest BCUT2D eigenvalue weighted by Gasteiger charge is -2.14. The SMILES string of the molecule is O=c1c2ccccc2c(-c2cccs2)nn1C[C@H](O)c1ccccc1. The van der Waals surface area contributed by atoms with Gasteiger partial charge in [0.1, 0.15) is 5.69 Å². The van der Waals surface area contributed by atoms with Crippen molar-refractivity contribution in [1.29, 1.82) is 0 Å². The lowest BCUT2D eigenvalue weighted by Crippen LogP contribution is -2.26. The molecule has 4 rings (SSSR count). The van der Waals surface area contributed by atoms with Crippen LogP contribution in [0.15, 0.2) is 76.9 Å². The third kappa shape index (κ3) is 2.99. The van der Waals surface area contributed by atoms with Crippen molar-refractivity contribution in [1.82, 2.24) is 9.78 Å². The summed E-state index contributed by atoms with van der Waals surface area (Å²) in [5.74, 6) is 0. The maximum Gasteiger partial charge on any atom is 0.274 e. The molecule has 0 unspecified atom stereocenters. The summed E-state index contributed by atoms with van der Waals surface area (Å²) in [5.41, 5.74) is 1.35. The fraction of sp³-hybridized carbons (Fsp3) is 0.100. The van der Waals surface area contributed by atoms with Gasteiger partial charge in [-0.3, -0.25) is 4.79 Å². The third-order valence-electron chi connectivity index (χ3n) is 4.15. The van der Waals surface area contributed by atoms with Gasteiger partial charge in [0, 0.05) is 5.39 Å². The van der Waals surface area contributed by atoms with E-state index in [0.717, 1.165) is 21.5 Å². The molecule has 0 aliphatic carbocycles. The molecule has 0 saturated heterocycles. The average molecular weight is 348 g/mol. The Balaban J connectivity index is 1.84. The van der Waals surface area contributed by atoms with Gasteiger partial charge >= 0.3 is 0 Å². The van der Waals surface area contributed by atoms with Crippen LogP contribution in [-0.4, -0.2) is 14.9 Å². The summed E-state index contributed by atoms with van der Waals surface area (Å²) in [7, 11) is 0. The molecule has 2 aromatic heterocycles. The molecule has 0 amide bonds. The molecule has 0 aliphatic rings. The Hall–Kier alpha value is -2.76. The van der Waals surface area contributed by atoms with Gasteiger partial charge in [0.25, 0.3) is 5.56 Å². The van der Waals surface area contributed by atoms with E-state index in [4.69, 9.17) is 0 Å². The van der Waals surface area contributed by atoms with Crippen molar-refractivity contribution in [3.8, 4) is 10.6 Å². The molecule has 0 spiro atoms. The molecule has 0 saturated carbocycles. The van der Waals surface area contributed by atoms with E-state index in [1.807, 2.05) is 72.1 Å². The Morgan fingerprint density at radius 2 is 1.68 bits per heavy atom. The number of thiophene rings is 1. The van der Waals surface area contributed by atoms with Crippen LogP contribution in [0.2, 0.25) is 0 Å². The lowest BCUT2D eigenvalue weighted by molar-refractivity contribution is 0.150. The van der Waals surface area contributed by atoms with Crippen LogP contribution in [0.1, 0.15) is 11.7 Å². The van der Waals surface area contributed by atoms with E-state index in [9.17, 15) is 9.90 Å². The second-order valence-electron chi connectivity index (χ2n) is 5.79. The van der Waals surface area contributed by atoms with Gasteiger partial charge in [-0.25, -0.2) is 4.68 Å². The monoisotopic (exact) mass is 348 g/mol. The van der Waals surface area contributed by atoms with E-state index in [-0.39, 0.29) is 12.1 Å². The van der Waals surface area contributed by atoms with Gasteiger partial charge < -0.3 is 5.11 Å². The first-order valence-electron chi connectivity index (χ1n) is 8.01. The van der Waals surface area contributed by atoms with Crippen LogP contribution < -0.4 is 5.56 Å². The maximum atomic E-state index is 12.8. The first-order valence-corrected chi connectivity index (χ1v) is 8.89. The van der Waals surface area contributed by atoms with Gasteiger partial charge in [-0.1, -0.05) is 54.6 Å². The summed E-state index contributed by atoms with van der Waals surface area (Å²) in [6.45, 7) is 0.117. The highest BCUT2D eigenvalue weighted by molar-refractivity contribution is 7.13. The van der Waals surface area contributed by atoms with E-state index in [2.05, 4.69) is 5.10 Å². The molecule has 0 radical (unpaired) electrons. The van der Waals surface area contributed by atoms with Gasteiger partial charge in [-0.15, -0.1) is 11.3 Å². The Labute approximate surface area is 148 Å². The highest BCUT2D eigenvalue weighted by Gasteiger charge is 2.15. The zero-order valence-electron chi connectivity index (χ0n) is 13.4. The summed E-state index contributed by atoms with van der Waals surface area (Å²) in [4.78, 5) is 13.8. The number of aliphatic hydroxyl groups excluding tert-OH is 1. The molecule has 124 valence electrons. The zero-order valence-corrected chi connectivity index (χ0v) is 14.2. The van der Waals surface area contributed by atoms with Crippen LogP contribution in [0.5, 0.6) is 0 Å². The Morgan fingerprint density at radius 1 is 0.960 bits per heavy atom. The zero-order chi connectivity index (χ0) is 17.2. The van der Waals surface area contributed by atoms with E-state index in [1.165, 1.54) is 4.68 Å². The third-order valence-corrected chi connectivity index (χ3v) is 5.03. The molecule has 25 heavy (non-hydrogen) atoms. The number of hydrogen-bond donors (Lipinski definition) is 1. The largest absolute Gasteiger partial charge is 0.386 e. The molecular formula is C20H16N2O2S. The topological polar surface area (TPSA) is 55.1 Å². The molecule has 4 nitrogen and oxygen atoms in total. The van der Waals surface area contributed by atoms with Gasteiger partial charge in [-0.2, -0.15) is 5.10 Å². The van der Waals surface area contributed by atoms with E-state index < -0.39 is 6.10 Å². The molecule has 2 heterocycles. The number of hydrogen-bond acceptors (Lipinski definition) is 4. The van der Waals surface area contributed by atoms with Gasteiger partial charge in [-0.05, 0) is 23.1 Å². The quantitative estimate of drug-likeness (QED) is 0.609. The van der Waals surface area contributed by atoms with Gasteiger partial charge in [0.2, 0.25) is 0 Å². The van der Waals surface area contributed by atoms with Gasteiger partial charge in [0.15, 0.2) is 0 Å². The summed E-state index contributed by atoms with van der Waals surface area (Å²) in [6.07, 6.45) is -0.788. The first-order chi connectivity index (χ1) is 12.2. The number of aliphatic hydroxyl groups is 1.